The first-order valence-corrected chi connectivity index (χ1v) is 11.9. The number of anilines is 5. The maximum atomic E-state index is 12.3. The number of sulfonamides is 1. The Labute approximate surface area is 196 Å². The van der Waals surface area contributed by atoms with Crippen molar-refractivity contribution in [1.82, 2.24) is 39.7 Å². The van der Waals surface area contributed by atoms with E-state index in [1.807, 2.05) is 6.92 Å². The largest absolute Gasteiger partial charge is 0.325 e. The molecule has 0 aliphatic heterocycles. The molecule has 0 saturated carbocycles. The molecule has 0 spiro atoms. The zero-order valence-electron chi connectivity index (χ0n) is 19.2. The summed E-state index contributed by atoms with van der Waals surface area (Å²) in [6.45, 7) is 3.68. The lowest BCUT2D eigenvalue weighted by atomic mass is 10.2. The lowest BCUT2D eigenvalue weighted by molar-refractivity contribution is 0.600. The second-order valence-electron chi connectivity index (χ2n) is 7.51. The van der Waals surface area contributed by atoms with E-state index in [0.717, 1.165) is 16.3 Å². The molecule has 0 amide bonds. The van der Waals surface area contributed by atoms with Crippen molar-refractivity contribution in [3.05, 3.63) is 48.6 Å². The maximum absolute atomic E-state index is 12.3. The van der Waals surface area contributed by atoms with Gasteiger partial charge in [0.2, 0.25) is 10.0 Å². The summed E-state index contributed by atoms with van der Waals surface area (Å²) in [6, 6.07) is 5.14. The third kappa shape index (κ3) is 5.06. The van der Waals surface area contributed by atoms with Gasteiger partial charge in [-0.25, -0.2) is 43.0 Å². The highest BCUT2D eigenvalue weighted by Gasteiger charge is 2.20. The van der Waals surface area contributed by atoms with Crippen LogP contribution < -0.4 is 14.9 Å². The number of hydrogen-bond donors (Lipinski definition) is 2. The van der Waals surface area contributed by atoms with Crippen molar-refractivity contribution in [2.24, 2.45) is 7.05 Å². The van der Waals surface area contributed by atoms with Crippen LogP contribution in [0.25, 0.3) is 11.4 Å². The van der Waals surface area contributed by atoms with Crippen LogP contribution in [0, 0.1) is 13.8 Å². The lowest BCUT2D eigenvalue weighted by Crippen LogP contribution is -2.26. The van der Waals surface area contributed by atoms with Gasteiger partial charge in [0.1, 0.15) is 35.9 Å². The van der Waals surface area contributed by atoms with Gasteiger partial charge >= 0.3 is 0 Å². The molecule has 0 atom stereocenters. The molecular formula is C20H23N11O2S. The highest BCUT2D eigenvalue weighted by atomic mass is 32.2. The van der Waals surface area contributed by atoms with E-state index in [1.54, 1.807) is 43.0 Å². The fourth-order valence-electron chi connectivity index (χ4n) is 3.18. The first-order valence-electron chi connectivity index (χ1n) is 10.1. The molecule has 0 aliphatic carbocycles. The standard InChI is InChI=1S/C20H23N11O2S/c1-12-6-18(27-13(2)26-12)28-16-8-17(23-10-22-16)29-19-15(31(4)34(5,32)33)7-14(9-21-19)20-24-11-25-30(20)3/h6-11H,1-5H3,(H2,21,22,23,26,27,28,29). The summed E-state index contributed by atoms with van der Waals surface area (Å²) in [5.41, 5.74) is 1.75. The van der Waals surface area contributed by atoms with Crippen LogP contribution in [-0.2, 0) is 17.1 Å². The Morgan fingerprint density at radius 1 is 0.912 bits per heavy atom. The van der Waals surface area contributed by atoms with Crippen LogP contribution in [-0.4, -0.2) is 61.4 Å². The monoisotopic (exact) mass is 481 g/mol. The molecule has 2 N–H and O–H groups in total. The topological polar surface area (TPSA) is 157 Å². The molecule has 0 saturated heterocycles. The SMILES string of the molecule is Cc1cc(Nc2cc(Nc3ncc(-c4ncnn4C)cc3N(C)S(C)(=O)=O)ncn2)nc(C)n1. The highest BCUT2D eigenvalue weighted by Crippen LogP contribution is 2.31. The van der Waals surface area contributed by atoms with Crippen molar-refractivity contribution in [2.45, 2.75) is 13.8 Å². The molecule has 13 nitrogen and oxygen atoms in total. The molecule has 4 heterocycles. The van der Waals surface area contributed by atoms with Crippen molar-refractivity contribution < 1.29 is 8.42 Å². The Hall–Kier alpha value is -4.20. The zero-order valence-corrected chi connectivity index (χ0v) is 20.0. The van der Waals surface area contributed by atoms with E-state index < -0.39 is 10.0 Å². The van der Waals surface area contributed by atoms with Gasteiger partial charge in [-0.3, -0.25) is 4.31 Å². The Morgan fingerprint density at radius 2 is 1.65 bits per heavy atom. The number of aromatic nitrogens is 8. The van der Waals surface area contributed by atoms with Crippen LogP contribution in [0.15, 0.2) is 37.1 Å². The second kappa shape index (κ2) is 8.97. The molecule has 4 aromatic rings. The number of nitrogens with zero attached hydrogens (tertiary/aromatic N) is 9. The minimum absolute atomic E-state index is 0.289. The van der Waals surface area contributed by atoms with Gasteiger partial charge in [-0.2, -0.15) is 5.10 Å². The fraction of sp³-hybridized carbons (Fsp3) is 0.250. The molecule has 4 aromatic heterocycles. The van der Waals surface area contributed by atoms with Crippen LogP contribution in [0.3, 0.4) is 0 Å². The smallest absolute Gasteiger partial charge is 0.232 e. The minimum atomic E-state index is -3.57. The number of aryl methyl sites for hydroxylation is 3. The van der Waals surface area contributed by atoms with Gasteiger partial charge in [-0.1, -0.05) is 0 Å². The number of hydrogen-bond acceptors (Lipinski definition) is 11. The van der Waals surface area contributed by atoms with E-state index in [0.29, 0.717) is 40.4 Å². The molecule has 0 fully saturated rings. The third-order valence-electron chi connectivity index (χ3n) is 4.81. The van der Waals surface area contributed by atoms with E-state index in [2.05, 4.69) is 45.6 Å². The molecule has 34 heavy (non-hydrogen) atoms. The molecule has 0 unspecified atom stereocenters. The van der Waals surface area contributed by atoms with Gasteiger partial charge in [0.25, 0.3) is 0 Å². The summed E-state index contributed by atoms with van der Waals surface area (Å²) in [5.74, 6) is 2.96. The molecule has 0 radical (unpaired) electrons. The maximum Gasteiger partial charge on any atom is 0.232 e. The summed E-state index contributed by atoms with van der Waals surface area (Å²) in [6.07, 6.45) is 5.49. The van der Waals surface area contributed by atoms with Gasteiger partial charge in [0.15, 0.2) is 11.6 Å². The van der Waals surface area contributed by atoms with Crippen LogP contribution in [0.1, 0.15) is 11.5 Å². The molecule has 176 valence electrons. The molecule has 4 rings (SSSR count). The predicted molar refractivity (Wildman–Crippen MR) is 128 cm³/mol. The zero-order chi connectivity index (χ0) is 24.5. The summed E-state index contributed by atoms with van der Waals surface area (Å²) in [4.78, 5) is 25.7. The second-order valence-corrected chi connectivity index (χ2v) is 9.52. The van der Waals surface area contributed by atoms with E-state index >= 15 is 0 Å². The first-order chi connectivity index (χ1) is 16.1. The van der Waals surface area contributed by atoms with E-state index in [1.165, 1.54) is 19.7 Å². The van der Waals surface area contributed by atoms with Gasteiger partial charge in [0, 0.05) is 43.7 Å². The molecular weight excluding hydrogens is 458 g/mol. The fourth-order valence-corrected chi connectivity index (χ4v) is 3.67. The molecule has 0 aromatic carbocycles. The summed E-state index contributed by atoms with van der Waals surface area (Å²) in [5, 5.41) is 10.3. The van der Waals surface area contributed by atoms with Crippen LogP contribution in [0.5, 0.6) is 0 Å². The molecule has 14 heteroatoms. The molecule has 0 aliphatic rings. The van der Waals surface area contributed by atoms with Crippen LogP contribution in [0.2, 0.25) is 0 Å². The summed E-state index contributed by atoms with van der Waals surface area (Å²) >= 11 is 0. The van der Waals surface area contributed by atoms with Gasteiger partial charge in [-0.05, 0) is 19.9 Å². The number of nitrogens with one attached hydrogen (secondary N) is 2. The van der Waals surface area contributed by atoms with Crippen molar-refractivity contribution in [1.29, 1.82) is 0 Å². The quantitative estimate of drug-likeness (QED) is 0.397. The van der Waals surface area contributed by atoms with Crippen molar-refractivity contribution in [2.75, 3.05) is 28.2 Å². The lowest BCUT2D eigenvalue weighted by Gasteiger charge is -2.21. The van der Waals surface area contributed by atoms with E-state index in [4.69, 9.17) is 0 Å². The van der Waals surface area contributed by atoms with Crippen molar-refractivity contribution >= 4 is 39.0 Å². The Morgan fingerprint density at radius 3 is 2.29 bits per heavy atom. The van der Waals surface area contributed by atoms with Gasteiger partial charge < -0.3 is 10.6 Å². The van der Waals surface area contributed by atoms with Crippen molar-refractivity contribution in [3.8, 4) is 11.4 Å². The number of rotatable bonds is 7. The first kappa shape index (κ1) is 23.0. The predicted octanol–water partition coefficient (Wildman–Crippen LogP) is 1.96. The summed E-state index contributed by atoms with van der Waals surface area (Å²) < 4.78 is 27.3. The van der Waals surface area contributed by atoms with Crippen LogP contribution >= 0.6 is 0 Å². The third-order valence-corrected chi connectivity index (χ3v) is 6.00. The van der Waals surface area contributed by atoms with Crippen LogP contribution in [0.4, 0.5) is 29.0 Å². The van der Waals surface area contributed by atoms with Gasteiger partial charge in [0.05, 0.1) is 11.9 Å². The van der Waals surface area contributed by atoms with E-state index in [-0.39, 0.29) is 5.82 Å². The Bertz CT molecular complexity index is 1430. The molecule has 0 bridgehead atoms. The number of pyridine rings is 1. The Kier molecular flexibility index (Phi) is 6.06. The van der Waals surface area contributed by atoms with Crippen molar-refractivity contribution in [3.63, 3.8) is 0 Å². The normalized spacial score (nSPS) is 11.3. The summed E-state index contributed by atoms with van der Waals surface area (Å²) in [7, 11) is -0.382. The highest BCUT2D eigenvalue weighted by molar-refractivity contribution is 7.92. The van der Waals surface area contributed by atoms with Gasteiger partial charge in [-0.15, -0.1) is 0 Å². The van der Waals surface area contributed by atoms with E-state index in [9.17, 15) is 8.42 Å². The Balaban J connectivity index is 1.68. The minimum Gasteiger partial charge on any atom is -0.325 e. The average molecular weight is 482 g/mol. The average Bonchev–Trinajstić information content (AvgIpc) is 3.18.